The van der Waals surface area contributed by atoms with Crippen molar-refractivity contribution < 1.29 is 9.53 Å². The fourth-order valence-corrected chi connectivity index (χ4v) is 5.92. The molecule has 3 heterocycles. The average Bonchev–Trinajstić information content (AvgIpc) is 2.84. The maximum Gasteiger partial charge on any atom is 0.410 e. The summed E-state index contributed by atoms with van der Waals surface area (Å²) in [6, 6.07) is 5.33. The molecule has 4 rings (SSSR count). The summed E-state index contributed by atoms with van der Waals surface area (Å²) in [5.74, 6) is 2.31. The number of piperidine rings is 2. The number of carbonyl (C=O) groups excluding carboxylic acids is 1. The molecule has 0 spiro atoms. The van der Waals surface area contributed by atoms with Gasteiger partial charge in [-0.2, -0.15) is 4.98 Å². The van der Waals surface area contributed by atoms with Crippen LogP contribution in [-0.2, 0) is 4.74 Å². The molecule has 0 bridgehead atoms. The van der Waals surface area contributed by atoms with Crippen LogP contribution in [0.25, 0.3) is 0 Å². The minimum Gasteiger partial charge on any atom is -0.444 e. The highest BCUT2D eigenvalue weighted by atomic mass is 35.5. The molecule has 37 heavy (non-hydrogen) atoms. The second-order valence-corrected chi connectivity index (χ2v) is 12.3. The van der Waals surface area contributed by atoms with E-state index in [0.717, 1.165) is 57.4 Å². The average molecular weight is 569 g/mol. The predicted octanol–water partition coefficient (Wildman–Crippen LogP) is 7.47. The Hall–Kier alpha value is -1.96. The van der Waals surface area contributed by atoms with Gasteiger partial charge in [0.1, 0.15) is 10.6 Å². The monoisotopic (exact) mass is 567 g/mol. The Balaban J connectivity index is 1.35. The minimum absolute atomic E-state index is 0.116. The molecular formula is C27H36Cl3N5O2. The van der Waals surface area contributed by atoms with Crippen LogP contribution in [0.5, 0.6) is 0 Å². The summed E-state index contributed by atoms with van der Waals surface area (Å²) in [7, 11) is 0. The van der Waals surface area contributed by atoms with E-state index in [1.165, 1.54) is 0 Å². The van der Waals surface area contributed by atoms with Crippen LogP contribution in [0.2, 0.25) is 15.1 Å². The normalized spacial score (nSPS) is 20.0. The third-order valence-electron chi connectivity index (χ3n) is 7.11. The number of amides is 1. The third kappa shape index (κ3) is 7.33. The summed E-state index contributed by atoms with van der Waals surface area (Å²) in [5, 5.41) is 5.02. The van der Waals surface area contributed by atoms with E-state index in [-0.39, 0.29) is 12.1 Å². The summed E-state index contributed by atoms with van der Waals surface area (Å²) in [6.07, 6.45) is 5.71. The lowest BCUT2D eigenvalue weighted by Crippen LogP contribution is -2.46. The number of hydrogen-bond acceptors (Lipinski definition) is 6. The van der Waals surface area contributed by atoms with E-state index in [1.54, 1.807) is 12.3 Å². The molecule has 1 N–H and O–H groups in total. The molecule has 2 saturated heterocycles. The first-order chi connectivity index (χ1) is 17.5. The Bertz CT molecular complexity index is 1100. The van der Waals surface area contributed by atoms with E-state index in [2.05, 4.69) is 15.2 Å². The highest BCUT2D eigenvalue weighted by Crippen LogP contribution is 2.34. The molecule has 1 aromatic heterocycles. The van der Waals surface area contributed by atoms with Crippen LogP contribution in [0.1, 0.15) is 65.0 Å². The lowest BCUT2D eigenvalue weighted by atomic mass is 9.80. The van der Waals surface area contributed by atoms with Crippen molar-refractivity contribution in [3.8, 4) is 0 Å². The molecule has 1 aromatic carbocycles. The predicted molar refractivity (Wildman–Crippen MR) is 151 cm³/mol. The summed E-state index contributed by atoms with van der Waals surface area (Å²) in [6.45, 7) is 11.0. The van der Waals surface area contributed by atoms with Gasteiger partial charge >= 0.3 is 6.09 Å². The first-order valence-electron chi connectivity index (χ1n) is 13.0. The summed E-state index contributed by atoms with van der Waals surface area (Å²) >= 11 is 18.9. The fraction of sp³-hybridized carbons (Fsp3) is 0.593. The number of likely N-dealkylation sites (tertiary alicyclic amines) is 1. The van der Waals surface area contributed by atoms with Crippen LogP contribution in [0, 0.1) is 11.8 Å². The number of hydrogen-bond donors (Lipinski definition) is 1. The molecule has 0 saturated carbocycles. The number of anilines is 2. The second-order valence-electron chi connectivity index (χ2n) is 11.1. The lowest BCUT2D eigenvalue weighted by Gasteiger charge is -2.41. The summed E-state index contributed by atoms with van der Waals surface area (Å²) in [5.41, 5.74) is 0.441. The maximum atomic E-state index is 12.6. The van der Waals surface area contributed by atoms with E-state index in [1.807, 2.05) is 44.7 Å². The Morgan fingerprint density at radius 1 is 1.08 bits per heavy atom. The van der Waals surface area contributed by atoms with E-state index in [0.29, 0.717) is 38.7 Å². The number of carbonyl (C=O) groups is 1. The van der Waals surface area contributed by atoms with Crippen LogP contribution < -0.4 is 10.2 Å². The van der Waals surface area contributed by atoms with Gasteiger partial charge in [0.05, 0.1) is 12.2 Å². The number of rotatable bonds is 5. The number of aromatic nitrogens is 2. The van der Waals surface area contributed by atoms with Gasteiger partial charge in [-0.05, 0) is 82.9 Å². The van der Waals surface area contributed by atoms with Crippen molar-refractivity contribution in [1.82, 2.24) is 14.9 Å². The van der Waals surface area contributed by atoms with Crippen molar-refractivity contribution in [3.05, 3.63) is 45.0 Å². The summed E-state index contributed by atoms with van der Waals surface area (Å²) in [4.78, 5) is 25.9. The Morgan fingerprint density at radius 2 is 1.81 bits per heavy atom. The van der Waals surface area contributed by atoms with Gasteiger partial charge in [0.25, 0.3) is 0 Å². The molecule has 2 fully saturated rings. The van der Waals surface area contributed by atoms with Crippen LogP contribution in [0.15, 0.2) is 24.4 Å². The zero-order valence-electron chi connectivity index (χ0n) is 21.9. The number of halogens is 3. The molecule has 2 aliphatic heterocycles. The molecule has 10 heteroatoms. The standard InChI is InChI=1S/C27H36Cl3N5O2/c1-17(21-8-7-20(28)14-22(21)29)32-24-23(30)15-31-25(33-24)34-12-9-18(10-13-34)19-6-5-11-35(16-19)26(36)37-27(2,3)4/h7-8,14-15,17-19H,5-6,9-13,16H2,1-4H3,(H,31,32,33). The number of nitrogens with one attached hydrogen (secondary N) is 1. The highest BCUT2D eigenvalue weighted by Gasteiger charge is 2.34. The van der Waals surface area contributed by atoms with Crippen molar-refractivity contribution in [2.75, 3.05) is 36.4 Å². The van der Waals surface area contributed by atoms with E-state index >= 15 is 0 Å². The first-order valence-corrected chi connectivity index (χ1v) is 14.1. The number of nitrogens with zero attached hydrogens (tertiary/aromatic N) is 4. The van der Waals surface area contributed by atoms with Gasteiger partial charge in [-0.25, -0.2) is 9.78 Å². The Morgan fingerprint density at radius 3 is 2.49 bits per heavy atom. The van der Waals surface area contributed by atoms with Gasteiger partial charge in [0, 0.05) is 36.2 Å². The van der Waals surface area contributed by atoms with Crippen molar-refractivity contribution in [3.63, 3.8) is 0 Å². The van der Waals surface area contributed by atoms with Gasteiger partial charge in [-0.3, -0.25) is 0 Å². The van der Waals surface area contributed by atoms with Crippen LogP contribution in [0.4, 0.5) is 16.6 Å². The van der Waals surface area contributed by atoms with Gasteiger partial charge in [-0.1, -0.05) is 40.9 Å². The lowest BCUT2D eigenvalue weighted by molar-refractivity contribution is 0.0119. The molecule has 2 aromatic rings. The molecular weight excluding hydrogens is 533 g/mol. The summed E-state index contributed by atoms with van der Waals surface area (Å²) < 4.78 is 5.61. The van der Waals surface area contributed by atoms with Crippen molar-refractivity contribution >= 4 is 52.7 Å². The Kier molecular flexibility index (Phi) is 8.97. The molecule has 7 nitrogen and oxygen atoms in total. The third-order valence-corrected chi connectivity index (χ3v) is 7.95. The quantitative estimate of drug-likeness (QED) is 0.403. The van der Waals surface area contributed by atoms with Crippen LogP contribution in [-0.4, -0.2) is 52.7 Å². The number of benzene rings is 1. The van der Waals surface area contributed by atoms with Crippen molar-refractivity contribution in [2.24, 2.45) is 11.8 Å². The topological polar surface area (TPSA) is 70.6 Å². The maximum absolute atomic E-state index is 12.6. The molecule has 0 aliphatic carbocycles. The number of ether oxygens (including phenoxy) is 1. The van der Waals surface area contributed by atoms with Crippen molar-refractivity contribution in [1.29, 1.82) is 0 Å². The molecule has 202 valence electrons. The van der Waals surface area contributed by atoms with E-state index in [4.69, 9.17) is 44.5 Å². The fourth-order valence-electron chi connectivity index (χ4n) is 5.20. The van der Waals surface area contributed by atoms with E-state index in [9.17, 15) is 4.79 Å². The first kappa shape index (κ1) is 28.1. The molecule has 0 radical (unpaired) electrons. The highest BCUT2D eigenvalue weighted by molar-refractivity contribution is 6.35. The Labute approximate surface area is 234 Å². The zero-order valence-corrected chi connectivity index (χ0v) is 24.2. The van der Waals surface area contributed by atoms with Crippen molar-refractivity contribution in [2.45, 2.75) is 65.0 Å². The molecule has 1 amide bonds. The molecule has 2 aliphatic rings. The largest absolute Gasteiger partial charge is 0.444 e. The zero-order chi connectivity index (χ0) is 26.7. The minimum atomic E-state index is -0.472. The van der Waals surface area contributed by atoms with Gasteiger partial charge in [-0.15, -0.1) is 0 Å². The second kappa shape index (κ2) is 11.8. The van der Waals surface area contributed by atoms with Gasteiger partial charge in [0.2, 0.25) is 5.95 Å². The SMILES string of the molecule is CC(Nc1nc(N2CCC(C3CCCN(C(=O)OC(C)(C)C)C3)CC2)ncc1Cl)c1ccc(Cl)cc1Cl. The smallest absolute Gasteiger partial charge is 0.410 e. The van der Waals surface area contributed by atoms with Gasteiger partial charge in [0.15, 0.2) is 5.82 Å². The molecule has 2 atom stereocenters. The van der Waals surface area contributed by atoms with E-state index < -0.39 is 5.60 Å². The van der Waals surface area contributed by atoms with Crippen LogP contribution in [0.3, 0.4) is 0 Å². The van der Waals surface area contributed by atoms with Gasteiger partial charge < -0.3 is 19.9 Å². The molecule has 2 unspecified atom stereocenters. The van der Waals surface area contributed by atoms with Crippen LogP contribution >= 0.6 is 34.8 Å².